The molecule has 3 aliphatic heterocycles. The lowest BCUT2D eigenvalue weighted by molar-refractivity contribution is -0.269. The van der Waals surface area contributed by atoms with Crippen molar-refractivity contribution in [2.75, 3.05) is 40.6 Å². The molecular formula is C61H96F3NO15. The van der Waals surface area contributed by atoms with Crippen molar-refractivity contribution in [3.05, 3.63) is 47.6 Å². The molecule has 19 heteroatoms. The van der Waals surface area contributed by atoms with Crippen molar-refractivity contribution in [3.8, 4) is 0 Å². The Morgan fingerprint density at radius 1 is 0.850 bits per heavy atom. The smallest absolute Gasteiger partial charge is 0.416 e. The number of ether oxygens (including phenoxy) is 7. The number of hydrogen-bond donors (Lipinski definition) is 3. The molecule has 1 saturated carbocycles. The molecular weight excluding hydrogens is 1040 g/mol. The van der Waals surface area contributed by atoms with Gasteiger partial charge in [0.25, 0.3) is 11.7 Å². The minimum absolute atomic E-state index is 0.00499. The highest BCUT2D eigenvalue weighted by Crippen LogP contribution is 2.40. The van der Waals surface area contributed by atoms with Gasteiger partial charge in [-0.05, 0) is 141 Å². The molecule has 16 nitrogen and oxygen atoms in total. The van der Waals surface area contributed by atoms with E-state index in [1.807, 2.05) is 39.0 Å². The number of carbonyl (C=O) groups is 5. The molecule has 0 aromatic heterocycles. The number of halogens is 3. The van der Waals surface area contributed by atoms with E-state index in [0.717, 1.165) is 25.2 Å². The fraction of sp³-hybridized carbons (Fsp3) is 0.787. The number of piperidine rings is 1. The molecule has 0 spiro atoms. The van der Waals surface area contributed by atoms with Crippen molar-refractivity contribution in [3.63, 3.8) is 0 Å². The topological polar surface area (TPSA) is 214 Å². The zero-order valence-corrected chi connectivity index (χ0v) is 49.9. The Hall–Kier alpha value is -3.66. The fourth-order valence-electron chi connectivity index (χ4n) is 11.4. The van der Waals surface area contributed by atoms with Gasteiger partial charge in [0, 0.05) is 51.4 Å². The molecule has 0 aromatic rings. The number of aliphatic hydroxyl groups is 3. The van der Waals surface area contributed by atoms with E-state index in [1.54, 1.807) is 66.9 Å². The monoisotopic (exact) mass is 1140 g/mol. The number of alkyl halides is 3. The highest BCUT2D eigenvalue weighted by Gasteiger charge is 2.54. The van der Waals surface area contributed by atoms with Crippen molar-refractivity contribution >= 4 is 29.2 Å². The summed E-state index contributed by atoms with van der Waals surface area (Å²) in [6.07, 6.45) is 5.15. The molecule has 2 unspecified atom stereocenters. The highest BCUT2D eigenvalue weighted by atomic mass is 19.4. The number of amides is 1. The number of methoxy groups -OCH3 is 2. The lowest BCUT2D eigenvalue weighted by Crippen LogP contribution is -2.61. The van der Waals surface area contributed by atoms with Crippen LogP contribution < -0.4 is 0 Å². The number of ketones is 3. The first-order valence-corrected chi connectivity index (χ1v) is 29.0. The van der Waals surface area contributed by atoms with E-state index >= 15 is 0 Å². The van der Waals surface area contributed by atoms with Crippen LogP contribution in [0.2, 0.25) is 0 Å². The van der Waals surface area contributed by atoms with Gasteiger partial charge in [-0.3, -0.25) is 19.2 Å². The fourth-order valence-corrected chi connectivity index (χ4v) is 11.4. The molecule has 2 saturated heterocycles. The van der Waals surface area contributed by atoms with E-state index in [4.69, 9.17) is 33.2 Å². The Morgan fingerprint density at radius 3 is 2.20 bits per heavy atom. The Morgan fingerprint density at radius 2 is 1.55 bits per heavy atom. The number of aliphatic hydroxyl groups excluding tert-OH is 2. The zero-order valence-electron chi connectivity index (χ0n) is 49.9. The van der Waals surface area contributed by atoms with Gasteiger partial charge in [-0.25, -0.2) is 4.79 Å². The van der Waals surface area contributed by atoms with E-state index < -0.39 is 101 Å². The van der Waals surface area contributed by atoms with Crippen molar-refractivity contribution < 1.29 is 85.6 Å². The normalized spacial score (nSPS) is 35.8. The van der Waals surface area contributed by atoms with Crippen LogP contribution in [0.1, 0.15) is 160 Å². The molecule has 4 aliphatic rings. The second-order valence-electron chi connectivity index (χ2n) is 24.4. The average Bonchev–Trinajstić information content (AvgIpc) is 3.39. The Balaban J connectivity index is 1.74. The summed E-state index contributed by atoms with van der Waals surface area (Å²) in [5.41, 5.74) is -2.42. The summed E-state index contributed by atoms with van der Waals surface area (Å²) in [7, 11) is 2.95. The van der Waals surface area contributed by atoms with Gasteiger partial charge in [-0.1, -0.05) is 71.1 Å². The Labute approximate surface area is 473 Å². The number of nitrogens with zero attached hydrogens (tertiary/aromatic N) is 1. The summed E-state index contributed by atoms with van der Waals surface area (Å²) in [5.74, 6) is -8.96. The van der Waals surface area contributed by atoms with Crippen LogP contribution in [0.5, 0.6) is 0 Å². The lowest BCUT2D eigenvalue weighted by atomic mass is 9.78. The molecule has 80 heavy (non-hydrogen) atoms. The summed E-state index contributed by atoms with van der Waals surface area (Å²) >= 11 is 0. The van der Waals surface area contributed by atoms with Crippen LogP contribution >= 0.6 is 0 Å². The Kier molecular flexibility index (Phi) is 26.5. The van der Waals surface area contributed by atoms with Crippen LogP contribution in [0.4, 0.5) is 13.2 Å². The molecule has 4 rings (SSSR count). The van der Waals surface area contributed by atoms with Crippen LogP contribution in [0.3, 0.4) is 0 Å². The van der Waals surface area contributed by atoms with Crippen LogP contribution in [-0.2, 0) is 57.1 Å². The van der Waals surface area contributed by atoms with Crippen molar-refractivity contribution in [1.82, 2.24) is 4.90 Å². The quantitative estimate of drug-likeness (QED) is 0.0841. The van der Waals surface area contributed by atoms with Crippen molar-refractivity contribution in [2.45, 2.75) is 232 Å². The third-order valence-corrected chi connectivity index (χ3v) is 16.9. The summed E-state index contributed by atoms with van der Waals surface area (Å²) in [6, 6.07) is -1.23. The third-order valence-electron chi connectivity index (χ3n) is 16.9. The first kappa shape index (κ1) is 68.8. The molecule has 15 atom stereocenters. The number of carbonyl (C=O) groups excluding carboxylic acids is 5. The van der Waals surface area contributed by atoms with Crippen LogP contribution in [0, 0.1) is 35.5 Å². The van der Waals surface area contributed by atoms with E-state index in [-0.39, 0.29) is 94.1 Å². The van der Waals surface area contributed by atoms with Crippen molar-refractivity contribution in [2.24, 2.45) is 35.5 Å². The molecule has 1 amide bonds. The van der Waals surface area contributed by atoms with Crippen molar-refractivity contribution in [1.29, 1.82) is 0 Å². The first-order valence-electron chi connectivity index (χ1n) is 29.0. The average molecular weight is 1140 g/mol. The minimum atomic E-state index is -4.60. The second-order valence-corrected chi connectivity index (χ2v) is 24.4. The van der Waals surface area contributed by atoms with Crippen LogP contribution in [-0.4, -0.2) is 162 Å². The van der Waals surface area contributed by atoms with E-state index in [0.29, 0.717) is 56.1 Å². The van der Waals surface area contributed by atoms with Gasteiger partial charge in [-0.15, -0.1) is 0 Å². The van der Waals surface area contributed by atoms with Gasteiger partial charge < -0.3 is 53.4 Å². The molecule has 3 heterocycles. The zero-order chi connectivity index (χ0) is 59.9. The molecule has 3 fully saturated rings. The van der Waals surface area contributed by atoms with Gasteiger partial charge in [-0.2, -0.15) is 13.2 Å². The van der Waals surface area contributed by atoms with E-state index in [9.17, 15) is 52.5 Å². The number of Topliss-reactive ketones (excluding diaryl/α,β-unsaturated/α-hetero) is 3. The second kappa shape index (κ2) is 30.8. The predicted molar refractivity (Wildman–Crippen MR) is 295 cm³/mol. The number of allylic oxidation sites excluding steroid dienone is 6. The number of fused-ring (bicyclic) bond motifs is 3. The van der Waals surface area contributed by atoms with Gasteiger partial charge in [0.1, 0.15) is 30.1 Å². The molecule has 1 aliphatic carbocycles. The molecule has 3 N–H and O–H groups in total. The van der Waals surface area contributed by atoms with E-state index in [1.165, 1.54) is 7.11 Å². The predicted octanol–water partition coefficient (Wildman–Crippen LogP) is 9.09. The van der Waals surface area contributed by atoms with Crippen LogP contribution in [0.15, 0.2) is 47.6 Å². The van der Waals surface area contributed by atoms with Gasteiger partial charge in [0.2, 0.25) is 5.79 Å². The maximum atomic E-state index is 14.6. The maximum absolute atomic E-state index is 14.6. The molecule has 456 valence electrons. The highest BCUT2D eigenvalue weighted by molar-refractivity contribution is 6.39. The Bertz CT molecular complexity index is 2170. The summed E-state index contributed by atoms with van der Waals surface area (Å²) in [5, 5.41) is 33.2. The number of esters is 1. The molecule has 0 radical (unpaired) electrons. The third kappa shape index (κ3) is 19.2. The summed E-state index contributed by atoms with van der Waals surface area (Å²) < 4.78 is 83.0. The van der Waals surface area contributed by atoms with E-state index in [2.05, 4.69) is 0 Å². The van der Waals surface area contributed by atoms with Gasteiger partial charge in [0.15, 0.2) is 11.4 Å². The molecule has 2 bridgehead atoms. The number of cyclic esters (lactones) is 1. The standard InChI is InChI=1S/C61H96F3NO15/c1-37-19-15-14-16-20-38(2)50(80-58(8,9)26-29-77-59(10,11)61(62,63)64)35-45-24-22-43(7)60(73,79-45)55(70)56(71)65-27-18-17-21-46(65)57(72)78-49(40(4)33-44-23-25-48(76-30-28-66)51(34-44)74-12)36-47(67)39(3)32-42(6)53(69)54(75-13)52(68)41(5)31-37/h14-16,19-20,32,37,39-41,43-46,48-51,53-54,66,69,73H,17-18,21-31,33-36H2,1-13H3/b16-14+,19-15+,38-20+,42-32+/t37-,39-,40-,41-,43-,44?,45+,46+,48-,49?,50+,51-,53-,54+,60-/m1/s1. The first-order chi connectivity index (χ1) is 37.4. The molecule has 0 aromatic carbocycles. The maximum Gasteiger partial charge on any atom is 0.416 e. The number of rotatable bonds is 14. The SMILES string of the molecule is CO[C@@H]1CC(C[C@@H](C)C2CC(=O)[C@H](C)/C=C(\C)[C@@H](O)[C@@H](OC)C(=O)[C@H](C)C[C@H](C)/C=C/C=C/C=C(\C)[C@@H](OC(C)(C)CCOC(C)(C)C(F)(F)F)C[C@@H]3CC[C@@H](C)[C@@](O)(O3)C(=O)C(=O)N3CCCC[C@H]3C(=O)O2)CC[C@H]1OCCO. The van der Waals surface area contributed by atoms with Gasteiger partial charge >= 0.3 is 12.1 Å². The summed E-state index contributed by atoms with van der Waals surface area (Å²) in [6.45, 7) is 17.5. The lowest BCUT2D eigenvalue weighted by Gasteiger charge is -2.43. The summed E-state index contributed by atoms with van der Waals surface area (Å²) in [4.78, 5) is 73.1. The minimum Gasteiger partial charge on any atom is -0.460 e. The van der Waals surface area contributed by atoms with Crippen LogP contribution in [0.25, 0.3) is 0 Å². The van der Waals surface area contributed by atoms with Gasteiger partial charge in [0.05, 0.1) is 49.8 Å². The largest absolute Gasteiger partial charge is 0.460 e. The number of hydrogen-bond acceptors (Lipinski definition) is 15.